The maximum Gasteiger partial charge on any atom is 0.325 e. The van der Waals surface area contributed by atoms with Crippen LogP contribution in [0.1, 0.15) is 84.5 Å². The molecule has 0 radical (unpaired) electrons. The molecule has 30 heavy (non-hydrogen) atoms. The third-order valence-electron chi connectivity index (χ3n) is 5.89. The van der Waals surface area contributed by atoms with Gasteiger partial charge in [-0.15, -0.1) is 0 Å². The van der Waals surface area contributed by atoms with Crippen molar-refractivity contribution in [2.24, 2.45) is 11.8 Å². The molecule has 2 amide bonds. The summed E-state index contributed by atoms with van der Waals surface area (Å²) in [5.74, 6) is 0.711. The van der Waals surface area contributed by atoms with E-state index < -0.39 is 12.0 Å². The number of rotatable bonds is 15. The Morgan fingerprint density at radius 1 is 1.03 bits per heavy atom. The molecule has 1 aliphatic carbocycles. The minimum atomic E-state index is -0.601. The van der Waals surface area contributed by atoms with Crippen molar-refractivity contribution in [2.75, 3.05) is 25.2 Å². The molecule has 0 heterocycles. The molecule has 0 saturated heterocycles. The zero-order valence-corrected chi connectivity index (χ0v) is 20.0. The highest BCUT2D eigenvalue weighted by molar-refractivity contribution is 7.98. The van der Waals surface area contributed by atoms with Crippen molar-refractivity contribution in [3.8, 4) is 0 Å². The van der Waals surface area contributed by atoms with Gasteiger partial charge in [-0.3, -0.25) is 14.4 Å². The van der Waals surface area contributed by atoms with Crippen molar-refractivity contribution in [1.29, 1.82) is 0 Å². The Bertz CT molecular complexity index is 507. The first-order chi connectivity index (χ1) is 14.5. The van der Waals surface area contributed by atoms with E-state index >= 15 is 0 Å². The van der Waals surface area contributed by atoms with Gasteiger partial charge < -0.3 is 15.4 Å². The van der Waals surface area contributed by atoms with E-state index in [0.717, 1.165) is 37.4 Å². The smallest absolute Gasteiger partial charge is 0.325 e. The van der Waals surface area contributed by atoms with E-state index in [2.05, 4.69) is 17.6 Å². The van der Waals surface area contributed by atoms with E-state index in [1.807, 2.05) is 6.26 Å². The first-order valence-electron chi connectivity index (χ1n) is 11.7. The highest BCUT2D eigenvalue weighted by Crippen LogP contribution is 2.32. The van der Waals surface area contributed by atoms with Crippen LogP contribution in [0.4, 0.5) is 0 Å². The number of ether oxygens (including phenoxy) is 1. The van der Waals surface area contributed by atoms with Gasteiger partial charge in [-0.25, -0.2) is 0 Å². The number of nitrogens with one attached hydrogen (secondary N) is 2. The van der Waals surface area contributed by atoms with Crippen LogP contribution in [-0.2, 0) is 19.1 Å². The van der Waals surface area contributed by atoms with Crippen molar-refractivity contribution in [3.63, 3.8) is 0 Å². The summed E-state index contributed by atoms with van der Waals surface area (Å²) < 4.78 is 4.84. The summed E-state index contributed by atoms with van der Waals surface area (Å²) in [4.78, 5) is 36.7. The van der Waals surface area contributed by atoms with Gasteiger partial charge in [0.1, 0.15) is 12.6 Å². The number of amides is 2. The van der Waals surface area contributed by atoms with Crippen LogP contribution in [-0.4, -0.2) is 49.0 Å². The minimum absolute atomic E-state index is 0.00372. The highest BCUT2D eigenvalue weighted by atomic mass is 32.2. The lowest BCUT2D eigenvalue weighted by Gasteiger charge is -2.29. The maximum atomic E-state index is 12.8. The second-order valence-corrected chi connectivity index (χ2v) is 9.27. The maximum absolute atomic E-state index is 12.8. The Morgan fingerprint density at radius 3 is 2.37 bits per heavy atom. The lowest BCUT2D eigenvalue weighted by Crippen LogP contribution is -2.50. The summed E-state index contributed by atoms with van der Waals surface area (Å²) in [6.07, 6.45) is 14.4. The molecular formula is C23H42N2O4S. The molecule has 0 aliphatic heterocycles. The van der Waals surface area contributed by atoms with Gasteiger partial charge in [-0.1, -0.05) is 45.4 Å². The van der Waals surface area contributed by atoms with Crippen LogP contribution in [0.3, 0.4) is 0 Å². The fourth-order valence-electron chi connectivity index (χ4n) is 4.04. The monoisotopic (exact) mass is 442 g/mol. The summed E-state index contributed by atoms with van der Waals surface area (Å²) in [6.45, 7) is 4.08. The average molecular weight is 443 g/mol. The average Bonchev–Trinajstić information content (AvgIpc) is 2.75. The number of esters is 1. The molecule has 0 spiro atoms. The van der Waals surface area contributed by atoms with Crippen molar-refractivity contribution >= 4 is 29.5 Å². The number of hydrogen-bond donors (Lipinski definition) is 2. The number of thioether (sulfide) groups is 1. The molecule has 2 N–H and O–H groups in total. The Hall–Kier alpha value is -1.24. The van der Waals surface area contributed by atoms with Gasteiger partial charge >= 0.3 is 5.97 Å². The summed E-state index contributed by atoms with van der Waals surface area (Å²) in [6, 6.07) is -0.601. The van der Waals surface area contributed by atoms with E-state index in [4.69, 9.17) is 4.74 Å². The first kappa shape index (κ1) is 26.8. The van der Waals surface area contributed by atoms with E-state index in [1.54, 1.807) is 18.7 Å². The molecule has 174 valence electrons. The van der Waals surface area contributed by atoms with E-state index in [1.165, 1.54) is 38.5 Å². The highest BCUT2D eigenvalue weighted by Gasteiger charge is 2.29. The standard InChI is InChI=1S/C23H42N2O4S/c1-4-6-7-8-9-10-18-11-13-19(14-12-18)22(27)25-20(15-16-30-3)23(28)24-17-21(26)29-5-2/h18-20H,4-17H2,1-3H3,(H,24,28)(H,25,27)/t18?,19?,20-/m0/s1. The number of carbonyl (C=O) groups is 3. The second-order valence-electron chi connectivity index (χ2n) is 8.29. The Labute approximate surface area is 187 Å². The molecule has 1 aliphatic rings. The Morgan fingerprint density at radius 2 is 1.73 bits per heavy atom. The number of carbonyl (C=O) groups excluding carboxylic acids is 3. The van der Waals surface area contributed by atoms with E-state index in [-0.39, 0.29) is 30.9 Å². The lowest BCUT2D eigenvalue weighted by molar-refractivity contribution is -0.143. The second kappa shape index (κ2) is 16.5. The van der Waals surface area contributed by atoms with Gasteiger partial charge in [0, 0.05) is 5.92 Å². The predicted octanol–water partition coefficient (Wildman–Crippen LogP) is 4.07. The zero-order valence-electron chi connectivity index (χ0n) is 19.2. The van der Waals surface area contributed by atoms with E-state index in [9.17, 15) is 14.4 Å². The van der Waals surface area contributed by atoms with Crippen molar-refractivity contribution in [2.45, 2.75) is 90.5 Å². The van der Waals surface area contributed by atoms with Crippen LogP contribution in [0.2, 0.25) is 0 Å². The fourth-order valence-corrected chi connectivity index (χ4v) is 4.51. The van der Waals surface area contributed by atoms with Gasteiger partial charge in [-0.2, -0.15) is 11.8 Å². The minimum Gasteiger partial charge on any atom is -0.465 e. The number of hydrogen-bond acceptors (Lipinski definition) is 5. The molecule has 0 aromatic rings. The van der Waals surface area contributed by atoms with Crippen LogP contribution in [0.5, 0.6) is 0 Å². The molecule has 0 aromatic carbocycles. The molecule has 0 unspecified atom stereocenters. The quantitative estimate of drug-likeness (QED) is 0.295. The molecule has 7 heteroatoms. The largest absolute Gasteiger partial charge is 0.465 e. The van der Waals surface area contributed by atoms with Gasteiger partial charge in [-0.05, 0) is 57.0 Å². The lowest BCUT2D eigenvalue weighted by atomic mass is 9.79. The van der Waals surface area contributed by atoms with Crippen LogP contribution in [0, 0.1) is 11.8 Å². The fraction of sp³-hybridized carbons (Fsp3) is 0.870. The first-order valence-corrected chi connectivity index (χ1v) is 13.1. The van der Waals surface area contributed by atoms with E-state index in [0.29, 0.717) is 6.42 Å². The van der Waals surface area contributed by atoms with Gasteiger partial charge in [0.05, 0.1) is 6.61 Å². The van der Waals surface area contributed by atoms with Gasteiger partial charge in [0.15, 0.2) is 0 Å². The Kier molecular flexibility index (Phi) is 14.7. The van der Waals surface area contributed by atoms with Crippen LogP contribution in [0.25, 0.3) is 0 Å². The molecule has 0 aromatic heterocycles. The topological polar surface area (TPSA) is 84.5 Å². The summed E-state index contributed by atoms with van der Waals surface area (Å²) in [5.41, 5.74) is 0. The molecule has 6 nitrogen and oxygen atoms in total. The Balaban J connectivity index is 2.40. The normalized spacial score (nSPS) is 19.7. The third-order valence-corrected chi connectivity index (χ3v) is 6.53. The summed E-state index contributed by atoms with van der Waals surface area (Å²) in [5, 5.41) is 5.53. The third kappa shape index (κ3) is 11.2. The molecule has 1 atom stereocenters. The van der Waals surface area contributed by atoms with Crippen molar-refractivity contribution in [1.82, 2.24) is 10.6 Å². The van der Waals surface area contributed by atoms with Crippen LogP contribution < -0.4 is 10.6 Å². The van der Waals surface area contributed by atoms with Gasteiger partial charge in [0.25, 0.3) is 0 Å². The van der Waals surface area contributed by atoms with Gasteiger partial charge in [0.2, 0.25) is 11.8 Å². The molecule has 1 fully saturated rings. The van der Waals surface area contributed by atoms with Crippen LogP contribution in [0.15, 0.2) is 0 Å². The molecule has 0 bridgehead atoms. The SMILES string of the molecule is CCCCCCCC1CCC(C(=O)N[C@@H](CCSC)C(=O)NCC(=O)OCC)CC1. The van der Waals surface area contributed by atoms with Crippen molar-refractivity contribution in [3.05, 3.63) is 0 Å². The zero-order chi connectivity index (χ0) is 22.2. The molecule has 1 rings (SSSR count). The number of unbranched alkanes of at least 4 members (excludes halogenated alkanes) is 4. The van der Waals surface area contributed by atoms with Crippen molar-refractivity contribution < 1.29 is 19.1 Å². The molecular weight excluding hydrogens is 400 g/mol. The van der Waals surface area contributed by atoms with Crippen LogP contribution >= 0.6 is 11.8 Å². The predicted molar refractivity (Wildman–Crippen MR) is 123 cm³/mol. The summed E-state index contributed by atoms with van der Waals surface area (Å²) >= 11 is 1.63. The molecule has 1 saturated carbocycles. The summed E-state index contributed by atoms with van der Waals surface area (Å²) in [7, 11) is 0.